The molecule has 4 aromatic rings. The molecule has 2 N–H and O–H groups in total. The van der Waals surface area contributed by atoms with Gasteiger partial charge in [-0.2, -0.15) is 0 Å². The van der Waals surface area contributed by atoms with Crippen molar-refractivity contribution in [1.29, 1.82) is 0 Å². The maximum atomic E-state index is 13.9. The van der Waals surface area contributed by atoms with Gasteiger partial charge in [-0.1, -0.05) is 18.2 Å². The summed E-state index contributed by atoms with van der Waals surface area (Å²) in [5.74, 6) is -4.59. The highest BCUT2D eigenvalue weighted by atomic mass is 19.2. The smallest absolute Gasteiger partial charge is 0.255 e. The minimum absolute atomic E-state index is 0.0959. The van der Waals surface area contributed by atoms with E-state index in [0.29, 0.717) is 11.2 Å². The summed E-state index contributed by atoms with van der Waals surface area (Å²) in [6, 6.07) is 13.8. The highest BCUT2D eigenvalue weighted by Crippen LogP contribution is 2.24. The predicted molar refractivity (Wildman–Crippen MR) is 104 cm³/mol. The van der Waals surface area contributed by atoms with Crippen LogP contribution >= 0.6 is 0 Å². The molecule has 0 bridgehead atoms. The Hall–Kier alpha value is -3.94. The Morgan fingerprint density at radius 1 is 0.828 bits per heavy atom. The van der Waals surface area contributed by atoms with Gasteiger partial charge in [-0.25, -0.2) is 18.2 Å². The van der Waals surface area contributed by atoms with Crippen molar-refractivity contribution >= 4 is 34.0 Å². The Labute approximate surface area is 163 Å². The summed E-state index contributed by atoms with van der Waals surface area (Å²) in [5, 5.41) is 6.19. The predicted octanol–water partition coefficient (Wildman–Crippen LogP) is 5.04. The van der Waals surface area contributed by atoms with Crippen LogP contribution in [0.5, 0.6) is 0 Å². The summed E-state index contributed by atoms with van der Waals surface area (Å²) in [7, 11) is 0. The van der Waals surface area contributed by atoms with Gasteiger partial charge >= 0.3 is 0 Å². The van der Waals surface area contributed by atoms with Crippen LogP contribution in [-0.2, 0) is 0 Å². The number of amides is 1. The van der Waals surface area contributed by atoms with Crippen LogP contribution in [0.2, 0.25) is 0 Å². The highest BCUT2D eigenvalue weighted by Gasteiger charge is 2.15. The van der Waals surface area contributed by atoms with Gasteiger partial charge < -0.3 is 10.6 Å². The number of pyridine rings is 2. The van der Waals surface area contributed by atoms with E-state index in [0.717, 1.165) is 17.5 Å². The second kappa shape index (κ2) is 7.59. The minimum atomic E-state index is -1.59. The zero-order chi connectivity index (χ0) is 20.4. The summed E-state index contributed by atoms with van der Waals surface area (Å²) in [6.07, 6.45) is 2.97. The average molecular weight is 394 g/mol. The maximum absolute atomic E-state index is 13.9. The number of halogens is 3. The van der Waals surface area contributed by atoms with E-state index in [1.807, 2.05) is 12.1 Å². The van der Waals surface area contributed by atoms with E-state index in [-0.39, 0.29) is 17.1 Å². The second-order valence-corrected chi connectivity index (χ2v) is 6.11. The van der Waals surface area contributed by atoms with Gasteiger partial charge in [0.1, 0.15) is 5.82 Å². The fraction of sp³-hybridized carbons (Fsp3) is 0. The lowest BCUT2D eigenvalue weighted by molar-refractivity contribution is 0.102. The van der Waals surface area contributed by atoms with E-state index in [9.17, 15) is 18.0 Å². The molecule has 0 spiro atoms. The van der Waals surface area contributed by atoms with Gasteiger partial charge in [0, 0.05) is 23.3 Å². The molecular weight excluding hydrogens is 381 g/mol. The normalized spacial score (nSPS) is 10.7. The first-order chi connectivity index (χ1) is 14.0. The summed E-state index contributed by atoms with van der Waals surface area (Å²) in [5.41, 5.74) is 1.11. The van der Waals surface area contributed by atoms with Gasteiger partial charge in [-0.05, 0) is 36.4 Å². The number of benzene rings is 2. The molecule has 0 radical (unpaired) electrons. The third-order valence-corrected chi connectivity index (χ3v) is 4.20. The molecule has 0 fully saturated rings. The van der Waals surface area contributed by atoms with Crippen molar-refractivity contribution in [3.8, 4) is 0 Å². The van der Waals surface area contributed by atoms with E-state index in [4.69, 9.17) is 0 Å². The summed E-state index contributed by atoms with van der Waals surface area (Å²) >= 11 is 0. The molecule has 2 aromatic heterocycles. The number of carbonyl (C=O) groups is 1. The molecule has 0 unspecified atom stereocenters. The second-order valence-electron chi connectivity index (χ2n) is 6.11. The third kappa shape index (κ3) is 3.73. The third-order valence-electron chi connectivity index (χ3n) is 4.20. The number of nitrogens with one attached hydrogen (secondary N) is 2. The largest absolute Gasteiger partial charge is 0.338 e. The Balaban J connectivity index is 1.58. The molecule has 0 aliphatic rings. The quantitative estimate of drug-likeness (QED) is 0.476. The van der Waals surface area contributed by atoms with Crippen molar-refractivity contribution in [3.05, 3.63) is 90.0 Å². The van der Waals surface area contributed by atoms with Crippen LogP contribution in [0, 0.1) is 17.5 Å². The van der Waals surface area contributed by atoms with Crippen molar-refractivity contribution in [1.82, 2.24) is 9.97 Å². The molecule has 4 rings (SSSR count). The highest BCUT2D eigenvalue weighted by molar-refractivity contribution is 6.08. The van der Waals surface area contributed by atoms with Gasteiger partial charge in [0.25, 0.3) is 5.91 Å². The molecule has 144 valence electrons. The van der Waals surface area contributed by atoms with Crippen LogP contribution in [0.15, 0.2) is 67.0 Å². The molecule has 5 nitrogen and oxygen atoms in total. The van der Waals surface area contributed by atoms with Crippen molar-refractivity contribution < 1.29 is 18.0 Å². The Bertz CT molecular complexity index is 1220. The maximum Gasteiger partial charge on any atom is 0.255 e. The van der Waals surface area contributed by atoms with Crippen LogP contribution in [0.4, 0.5) is 30.4 Å². The first-order valence-electron chi connectivity index (χ1n) is 8.54. The molecule has 2 aromatic carbocycles. The lowest BCUT2D eigenvalue weighted by Gasteiger charge is -2.10. The van der Waals surface area contributed by atoms with E-state index < -0.39 is 23.4 Å². The van der Waals surface area contributed by atoms with Gasteiger partial charge in [0.2, 0.25) is 0 Å². The van der Waals surface area contributed by atoms with Crippen LogP contribution in [0.1, 0.15) is 10.4 Å². The summed E-state index contributed by atoms with van der Waals surface area (Å²) in [6.45, 7) is 0. The van der Waals surface area contributed by atoms with Gasteiger partial charge in [0.15, 0.2) is 17.5 Å². The van der Waals surface area contributed by atoms with E-state index in [1.165, 1.54) is 18.3 Å². The lowest BCUT2D eigenvalue weighted by Crippen LogP contribution is -2.13. The number of fused-ring (bicyclic) bond motifs is 1. The molecule has 0 saturated heterocycles. The number of aromatic nitrogens is 2. The summed E-state index contributed by atoms with van der Waals surface area (Å²) in [4.78, 5) is 20.9. The Morgan fingerprint density at radius 3 is 2.52 bits per heavy atom. The Morgan fingerprint density at radius 2 is 1.66 bits per heavy atom. The number of hydrogen-bond donors (Lipinski definition) is 2. The van der Waals surface area contributed by atoms with Crippen molar-refractivity contribution in [2.75, 3.05) is 10.6 Å². The van der Waals surface area contributed by atoms with Crippen molar-refractivity contribution in [3.63, 3.8) is 0 Å². The van der Waals surface area contributed by atoms with Gasteiger partial charge in [-0.15, -0.1) is 0 Å². The van der Waals surface area contributed by atoms with Crippen molar-refractivity contribution in [2.45, 2.75) is 0 Å². The van der Waals surface area contributed by atoms with E-state index in [1.54, 1.807) is 24.4 Å². The number of rotatable bonds is 4. The zero-order valence-corrected chi connectivity index (χ0v) is 14.8. The standard InChI is InChI=1S/C21H13F3N4O/c22-14-6-7-15(19(24)18(14)23)27-17-11-13(8-10-25-17)21(29)28-16-5-1-3-12-4-2-9-26-20(12)16/h1-11H,(H,25,27)(H,28,29). The minimum Gasteiger partial charge on any atom is -0.338 e. The average Bonchev–Trinajstić information content (AvgIpc) is 2.75. The van der Waals surface area contributed by atoms with Crippen LogP contribution in [0.25, 0.3) is 10.9 Å². The van der Waals surface area contributed by atoms with Crippen LogP contribution in [-0.4, -0.2) is 15.9 Å². The Kier molecular flexibility index (Phi) is 4.82. The zero-order valence-electron chi connectivity index (χ0n) is 14.8. The fourth-order valence-electron chi connectivity index (χ4n) is 2.80. The topological polar surface area (TPSA) is 66.9 Å². The summed E-state index contributed by atoms with van der Waals surface area (Å²) < 4.78 is 40.3. The van der Waals surface area contributed by atoms with E-state index in [2.05, 4.69) is 20.6 Å². The molecular formula is C21H13F3N4O. The lowest BCUT2D eigenvalue weighted by atomic mass is 10.1. The molecule has 29 heavy (non-hydrogen) atoms. The van der Waals surface area contributed by atoms with Crippen molar-refractivity contribution in [2.24, 2.45) is 0 Å². The molecule has 0 aliphatic heterocycles. The first-order valence-corrected chi connectivity index (χ1v) is 8.54. The van der Waals surface area contributed by atoms with Gasteiger partial charge in [-0.3, -0.25) is 9.78 Å². The number of hydrogen-bond acceptors (Lipinski definition) is 4. The molecule has 0 aliphatic carbocycles. The first kappa shape index (κ1) is 18.4. The molecule has 0 saturated carbocycles. The molecule has 0 atom stereocenters. The molecule has 2 heterocycles. The number of nitrogens with zero attached hydrogens (tertiary/aromatic N) is 2. The van der Waals surface area contributed by atoms with Crippen LogP contribution in [0.3, 0.4) is 0 Å². The van der Waals surface area contributed by atoms with E-state index >= 15 is 0 Å². The molecule has 8 heteroatoms. The fourth-order valence-corrected chi connectivity index (χ4v) is 2.80. The SMILES string of the molecule is O=C(Nc1cccc2cccnc12)c1ccnc(Nc2ccc(F)c(F)c2F)c1. The number of para-hydroxylation sites is 1. The number of carbonyl (C=O) groups excluding carboxylic acids is 1. The monoisotopic (exact) mass is 394 g/mol. The number of anilines is 3. The molecule has 1 amide bonds. The van der Waals surface area contributed by atoms with Gasteiger partial charge in [0.05, 0.1) is 16.9 Å². The van der Waals surface area contributed by atoms with Crippen LogP contribution < -0.4 is 10.6 Å².